The molecule has 1 aliphatic rings. The van der Waals surface area contributed by atoms with Crippen LogP contribution >= 0.6 is 0 Å². The summed E-state index contributed by atoms with van der Waals surface area (Å²) in [7, 11) is 0. The molecule has 7 heteroatoms. The Kier molecular flexibility index (Phi) is 4.73. The maximum atomic E-state index is 13.6. The highest BCUT2D eigenvalue weighted by Crippen LogP contribution is 2.47. The van der Waals surface area contributed by atoms with Crippen LogP contribution in [0, 0.1) is 22.9 Å². The van der Waals surface area contributed by atoms with Gasteiger partial charge in [0.15, 0.2) is 17.5 Å². The first-order valence-electron chi connectivity index (χ1n) is 7.15. The molecule has 0 heterocycles. The van der Waals surface area contributed by atoms with Crippen LogP contribution in [-0.2, 0) is 9.59 Å². The summed E-state index contributed by atoms with van der Waals surface area (Å²) in [6, 6.07) is 1.64. The van der Waals surface area contributed by atoms with Gasteiger partial charge in [0.05, 0.1) is 5.69 Å². The van der Waals surface area contributed by atoms with Gasteiger partial charge in [-0.05, 0) is 31.4 Å². The third kappa shape index (κ3) is 3.08. The van der Waals surface area contributed by atoms with Crippen molar-refractivity contribution in [3.8, 4) is 0 Å². The summed E-state index contributed by atoms with van der Waals surface area (Å²) in [6.07, 6.45) is 2.39. The van der Waals surface area contributed by atoms with Gasteiger partial charge in [0.1, 0.15) is 5.41 Å². The summed E-state index contributed by atoms with van der Waals surface area (Å²) in [6.45, 7) is 2.43. The van der Waals surface area contributed by atoms with Crippen molar-refractivity contribution < 1.29 is 22.8 Å². The van der Waals surface area contributed by atoms with Crippen LogP contribution in [0.25, 0.3) is 0 Å². The predicted molar refractivity (Wildman–Crippen MR) is 74.5 cm³/mol. The molecule has 1 fully saturated rings. The van der Waals surface area contributed by atoms with Crippen LogP contribution in [0.2, 0.25) is 0 Å². The van der Waals surface area contributed by atoms with Crippen LogP contribution in [-0.4, -0.2) is 18.4 Å². The summed E-state index contributed by atoms with van der Waals surface area (Å²) < 4.78 is 39.5. The predicted octanol–water partition coefficient (Wildman–Crippen LogP) is 2.74. The zero-order chi connectivity index (χ0) is 16.3. The second kappa shape index (κ2) is 6.37. The molecule has 0 bridgehead atoms. The van der Waals surface area contributed by atoms with E-state index in [0.717, 1.165) is 25.0 Å². The second-order valence-corrected chi connectivity index (χ2v) is 5.37. The number of benzene rings is 1. The number of carbonyl (C=O) groups excluding carboxylic acids is 2. The van der Waals surface area contributed by atoms with Crippen molar-refractivity contribution in [2.24, 2.45) is 5.41 Å². The molecule has 4 nitrogen and oxygen atoms in total. The fraction of sp³-hybridized carbons (Fsp3) is 0.467. The number of rotatable bonds is 6. The van der Waals surface area contributed by atoms with Crippen LogP contribution in [0.3, 0.4) is 0 Å². The molecule has 1 aromatic rings. The van der Waals surface area contributed by atoms with E-state index < -0.39 is 40.4 Å². The molecule has 0 radical (unpaired) electrons. The average molecular weight is 314 g/mol. The minimum Gasteiger partial charge on any atom is -0.355 e. The Hall–Kier alpha value is -2.05. The first-order chi connectivity index (χ1) is 10.4. The van der Waals surface area contributed by atoms with E-state index >= 15 is 0 Å². The third-order valence-electron chi connectivity index (χ3n) is 3.72. The van der Waals surface area contributed by atoms with Crippen LogP contribution in [0.5, 0.6) is 0 Å². The Bertz CT molecular complexity index is 601. The Morgan fingerprint density at radius 1 is 1.14 bits per heavy atom. The SMILES string of the molecule is CCCCNC(=O)C1(C(=O)Nc2ccc(F)c(F)c2F)CC1. The number of nitrogens with one attached hydrogen (secondary N) is 2. The second-order valence-electron chi connectivity index (χ2n) is 5.37. The molecule has 1 aromatic carbocycles. The van der Waals surface area contributed by atoms with Gasteiger partial charge in [0.2, 0.25) is 11.8 Å². The summed E-state index contributed by atoms with van der Waals surface area (Å²) in [5, 5.41) is 4.83. The summed E-state index contributed by atoms with van der Waals surface area (Å²) in [5.41, 5.74) is -1.71. The lowest BCUT2D eigenvalue weighted by Crippen LogP contribution is -2.40. The Morgan fingerprint density at radius 3 is 2.41 bits per heavy atom. The molecule has 22 heavy (non-hydrogen) atoms. The quantitative estimate of drug-likeness (QED) is 0.482. The number of hydrogen-bond acceptors (Lipinski definition) is 2. The van der Waals surface area contributed by atoms with Gasteiger partial charge in [-0.15, -0.1) is 0 Å². The van der Waals surface area contributed by atoms with E-state index in [0.29, 0.717) is 19.4 Å². The normalized spacial score (nSPS) is 15.3. The molecule has 2 rings (SSSR count). The zero-order valence-electron chi connectivity index (χ0n) is 12.1. The summed E-state index contributed by atoms with van der Waals surface area (Å²) in [4.78, 5) is 24.2. The van der Waals surface area contributed by atoms with Crippen molar-refractivity contribution in [3.63, 3.8) is 0 Å². The van der Waals surface area contributed by atoms with Crippen molar-refractivity contribution in [3.05, 3.63) is 29.6 Å². The van der Waals surface area contributed by atoms with Gasteiger partial charge in [-0.1, -0.05) is 13.3 Å². The van der Waals surface area contributed by atoms with Crippen molar-refractivity contribution in [1.29, 1.82) is 0 Å². The van der Waals surface area contributed by atoms with E-state index in [1.165, 1.54) is 0 Å². The van der Waals surface area contributed by atoms with Crippen LogP contribution in [0.4, 0.5) is 18.9 Å². The molecule has 2 N–H and O–H groups in total. The minimum absolute atomic E-state index is 0.349. The molecule has 2 amide bonds. The van der Waals surface area contributed by atoms with Crippen LogP contribution < -0.4 is 10.6 Å². The van der Waals surface area contributed by atoms with Crippen molar-refractivity contribution in [1.82, 2.24) is 5.32 Å². The highest BCUT2D eigenvalue weighted by atomic mass is 19.2. The summed E-state index contributed by atoms with van der Waals surface area (Å²) >= 11 is 0. The number of hydrogen-bond donors (Lipinski definition) is 2. The lowest BCUT2D eigenvalue weighted by molar-refractivity contribution is -0.134. The molecule has 0 atom stereocenters. The molecule has 1 saturated carbocycles. The first kappa shape index (κ1) is 16.3. The molecule has 0 unspecified atom stereocenters. The maximum absolute atomic E-state index is 13.6. The fourth-order valence-electron chi connectivity index (χ4n) is 2.09. The Labute approximate surface area is 126 Å². The zero-order valence-corrected chi connectivity index (χ0v) is 12.1. The van der Waals surface area contributed by atoms with Crippen molar-refractivity contribution in [2.45, 2.75) is 32.6 Å². The molecule has 0 spiro atoms. The Balaban J connectivity index is 2.06. The fourth-order valence-corrected chi connectivity index (χ4v) is 2.09. The van der Waals surface area contributed by atoms with Gasteiger partial charge in [-0.3, -0.25) is 9.59 Å². The largest absolute Gasteiger partial charge is 0.355 e. The van der Waals surface area contributed by atoms with Crippen molar-refractivity contribution >= 4 is 17.5 Å². The number of carbonyl (C=O) groups is 2. The lowest BCUT2D eigenvalue weighted by atomic mass is 10.0. The molecular weight excluding hydrogens is 297 g/mol. The number of halogens is 3. The monoisotopic (exact) mass is 314 g/mol. The van der Waals surface area contributed by atoms with Gasteiger partial charge < -0.3 is 10.6 Å². The van der Waals surface area contributed by atoms with Gasteiger partial charge in [0, 0.05) is 6.54 Å². The number of anilines is 1. The molecule has 0 saturated heterocycles. The molecule has 120 valence electrons. The first-order valence-corrected chi connectivity index (χ1v) is 7.15. The molecule has 1 aliphatic carbocycles. The number of amides is 2. The van der Waals surface area contributed by atoms with E-state index in [2.05, 4.69) is 10.6 Å². The standard InChI is InChI=1S/C15H17F3N2O2/c1-2-3-8-19-13(21)15(6-7-15)14(22)20-10-5-4-9(16)11(17)12(10)18/h4-5H,2-3,6-8H2,1H3,(H,19,21)(H,20,22). The van der Waals surface area contributed by atoms with Gasteiger partial charge in [-0.25, -0.2) is 13.2 Å². The molecule has 0 aromatic heterocycles. The molecule has 0 aliphatic heterocycles. The van der Waals surface area contributed by atoms with Gasteiger partial charge >= 0.3 is 0 Å². The third-order valence-corrected chi connectivity index (χ3v) is 3.72. The van der Waals surface area contributed by atoms with E-state index in [-0.39, 0.29) is 0 Å². The summed E-state index contributed by atoms with van der Waals surface area (Å²) in [5.74, 6) is -5.59. The highest BCUT2D eigenvalue weighted by molar-refractivity contribution is 6.13. The number of unbranched alkanes of at least 4 members (excludes halogenated alkanes) is 1. The van der Waals surface area contributed by atoms with Crippen LogP contribution in [0.1, 0.15) is 32.6 Å². The van der Waals surface area contributed by atoms with Gasteiger partial charge in [-0.2, -0.15) is 0 Å². The maximum Gasteiger partial charge on any atom is 0.240 e. The lowest BCUT2D eigenvalue weighted by Gasteiger charge is -2.15. The van der Waals surface area contributed by atoms with E-state index in [9.17, 15) is 22.8 Å². The van der Waals surface area contributed by atoms with Gasteiger partial charge in [0.25, 0.3) is 0 Å². The Morgan fingerprint density at radius 2 is 1.82 bits per heavy atom. The van der Waals surface area contributed by atoms with Crippen molar-refractivity contribution in [2.75, 3.05) is 11.9 Å². The minimum atomic E-state index is -1.66. The topological polar surface area (TPSA) is 58.2 Å². The molecular formula is C15H17F3N2O2. The van der Waals surface area contributed by atoms with E-state index in [4.69, 9.17) is 0 Å². The average Bonchev–Trinajstić information content (AvgIpc) is 3.30. The van der Waals surface area contributed by atoms with E-state index in [1.54, 1.807) is 0 Å². The highest BCUT2D eigenvalue weighted by Gasteiger charge is 2.56. The smallest absolute Gasteiger partial charge is 0.240 e. The van der Waals surface area contributed by atoms with Crippen LogP contribution in [0.15, 0.2) is 12.1 Å². The van der Waals surface area contributed by atoms with E-state index in [1.807, 2.05) is 6.92 Å².